The molecule has 2 nitrogen and oxygen atoms in total. The molecule has 0 aliphatic rings. The van der Waals surface area contributed by atoms with Crippen molar-refractivity contribution in [2.45, 2.75) is 6.18 Å². The van der Waals surface area contributed by atoms with E-state index in [1.54, 1.807) is 0 Å². The van der Waals surface area contributed by atoms with E-state index >= 15 is 0 Å². The summed E-state index contributed by atoms with van der Waals surface area (Å²) in [5.41, 5.74) is -2.38. The predicted molar refractivity (Wildman–Crippen MR) is 51.0 cm³/mol. The maximum Gasteiger partial charge on any atom is 0.420 e. The Hall–Kier alpha value is -0.750. The summed E-state index contributed by atoms with van der Waals surface area (Å²) in [7, 11) is 0. The van der Waals surface area contributed by atoms with Crippen molar-refractivity contribution >= 4 is 33.0 Å². The third-order valence-corrected chi connectivity index (χ3v) is 2.01. The van der Waals surface area contributed by atoms with Crippen molar-refractivity contribution in [3.8, 4) is 5.75 Å². The van der Waals surface area contributed by atoms with Crippen LogP contribution in [0.25, 0.3) is 0 Å². The van der Waals surface area contributed by atoms with Crippen LogP contribution in [0, 0.1) is 0 Å². The van der Waals surface area contributed by atoms with Crippen molar-refractivity contribution in [1.82, 2.24) is 0 Å². The number of hydrogen-bond acceptors (Lipinski definition) is 2. The third kappa shape index (κ3) is 3.39. The maximum absolute atomic E-state index is 12.4. The second-order valence-electron chi connectivity index (χ2n) is 2.48. The highest BCUT2D eigenvalue weighted by atomic mass is 79.9. The molecule has 1 aromatic rings. The molecule has 0 amide bonds. The summed E-state index contributed by atoms with van der Waals surface area (Å²) in [6.07, 6.45) is -4.61. The van der Waals surface area contributed by atoms with Gasteiger partial charge in [-0.05, 0) is 18.2 Å². The number of carbonyl (C=O) groups excluding carboxylic acids is 1. The molecule has 0 atom stereocenters. The van der Waals surface area contributed by atoms with Crippen LogP contribution in [0.4, 0.5) is 18.0 Å². The van der Waals surface area contributed by atoms with E-state index in [9.17, 15) is 18.0 Å². The van der Waals surface area contributed by atoms with Gasteiger partial charge in [0.15, 0.2) is 0 Å². The largest absolute Gasteiger partial charge is 0.420 e. The molecule has 15 heavy (non-hydrogen) atoms. The lowest BCUT2D eigenvalue weighted by Crippen LogP contribution is -2.09. The van der Waals surface area contributed by atoms with E-state index in [1.807, 2.05) is 0 Å². The van der Waals surface area contributed by atoms with Crippen LogP contribution < -0.4 is 4.74 Å². The Morgan fingerprint density at radius 3 is 2.47 bits per heavy atom. The minimum Gasteiger partial charge on any atom is -0.414 e. The molecule has 0 bridgehead atoms. The number of carbonyl (C=O) groups is 1. The normalized spacial score (nSPS) is 11.3. The van der Waals surface area contributed by atoms with Crippen LogP contribution >= 0.6 is 27.5 Å². The predicted octanol–water partition coefficient (Wildman–Crippen LogP) is 4.21. The number of rotatable bonds is 1. The highest BCUT2D eigenvalue weighted by molar-refractivity contribution is 9.10. The second-order valence-corrected chi connectivity index (χ2v) is 3.70. The summed E-state index contributed by atoms with van der Waals surface area (Å²) in [6, 6.07) is 3.12. The molecular formula is C8H3BrClF3O2. The van der Waals surface area contributed by atoms with Gasteiger partial charge >= 0.3 is 11.6 Å². The number of hydrogen-bond donors (Lipinski definition) is 0. The van der Waals surface area contributed by atoms with Crippen molar-refractivity contribution in [2.75, 3.05) is 0 Å². The Morgan fingerprint density at radius 2 is 2.00 bits per heavy atom. The van der Waals surface area contributed by atoms with E-state index in [2.05, 4.69) is 20.7 Å². The van der Waals surface area contributed by atoms with Gasteiger partial charge in [0, 0.05) is 16.1 Å². The summed E-state index contributed by atoms with van der Waals surface area (Å²) >= 11 is 7.72. The number of ether oxygens (including phenoxy) is 1. The maximum atomic E-state index is 12.4. The molecule has 0 unspecified atom stereocenters. The number of alkyl halides is 3. The van der Waals surface area contributed by atoms with Crippen LogP contribution in [-0.2, 0) is 6.18 Å². The molecule has 0 saturated carbocycles. The monoisotopic (exact) mass is 302 g/mol. The molecule has 0 fully saturated rings. The first-order chi connectivity index (χ1) is 6.80. The molecule has 82 valence electrons. The van der Waals surface area contributed by atoms with Crippen LogP contribution in [0.2, 0.25) is 0 Å². The van der Waals surface area contributed by atoms with Gasteiger partial charge in [0.25, 0.3) is 0 Å². The fourth-order valence-corrected chi connectivity index (χ4v) is 1.34. The van der Waals surface area contributed by atoms with E-state index in [0.717, 1.165) is 12.1 Å². The van der Waals surface area contributed by atoms with Gasteiger partial charge in [-0.2, -0.15) is 13.2 Å². The molecular weight excluding hydrogens is 300 g/mol. The Labute approximate surface area is 96.1 Å². The standard InChI is InChI=1S/C8H3BrClF3O2/c9-4-1-2-6(15-7(10)14)5(3-4)8(11,12)13/h1-3H. The molecule has 0 aromatic heterocycles. The van der Waals surface area contributed by atoms with Crippen molar-refractivity contribution in [2.24, 2.45) is 0 Å². The summed E-state index contributed by atoms with van der Waals surface area (Å²) in [5, 5.41) is 0. The lowest BCUT2D eigenvalue weighted by atomic mass is 10.2. The van der Waals surface area contributed by atoms with Crippen molar-refractivity contribution in [3.05, 3.63) is 28.2 Å². The molecule has 0 aliphatic heterocycles. The zero-order valence-corrected chi connectivity index (χ0v) is 9.28. The third-order valence-electron chi connectivity index (χ3n) is 1.44. The molecule has 1 aromatic carbocycles. The number of benzene rings is 1. The van der Waals surface area contributed by atoms with Crippen molar-refractivity contribution in [3.63, 3.8) is 0 Å². The van der Waals surface area contributed by atoms with Crippen molar-refractivity contribution < 1.29 is 22.7 Å². The Balaban J connectivity index is 3.20. The van der Waals surface area contributed by atoms with E-state index in [0.29, 0.717) is 0 Å². The average molecular weight is 303 g/mol. The minimum absolute atomic E-state index is 0.226. The van der Waals surface area contributed by atoms with Gasteiger partial charge in [0.05, 0.1) is 5.56 Å². The van der Waals surface area contributed by atoms with Gasteiger partial charge in [-0.25, -0.2) is 4.79 Å². The Morgan fingerprint density at radius 1 is 1.40 bits per heavy atom. The first kappa shape index (κ1) is 12.3. The molecule has 0 N–H and O–H groups in total. The fraction of sp³-hybridized carbons (Fsp3) is 0.125. The smallest absolute Gasteiger partial charge is 0.414 e. The highest BCUT2D eigenvalue weighted by Crippen LogP contribution is 2.37. The van der Waals surface area contributed by atoms with E-state index in [-0.39, 0.29) is 4.47 Å². The summed E-state index contributed by atoms with van der Waals surface area (Å²) < 4.78 is 41.7. The zero-order valence-electron chi connectivity index (χ0n) is 6.94. The Bertz CT molecular complexity index is 392. The van der Waals surface area contributed by atoms with E-state index in [1.165, 1.54) is 6.07 Å². The molecule has 0 saturated heterocycles. The topological polar surface area (TPSA) is 26.3 Å². The fourth-order valence-electron chi connectivity index (χ4n) is 0.899. The van der Waals surface area contributed by atoms with Crippen LogP contribution in [0.15, 0.2) is 22.7 Å². The average Bonchev–Trinajstić information content (AvgIpc) is 2.05. The van der Waals surface area contributed by atoms with Crippen LogP contribution in [-0.4, -0.2) is 5.43 Å². The molecule has 0 spiro atoms. The molecule has 7 heteroatoms. The summed E-state index contributed by atoms with van der Waals surface area (Å²) in [6.45, 7) is 0. The molecule has 0 aliphatic carbocycles. The molecule has 0 heterocycles. The summed E-state index contributed by atoms with van der Waals surface area (Å²) in [4.78, 5) is 10.3. The zero-order chi connectivity index (χ0) is 11.6. The quantitative estimate of drug-likeness (QED) is 0.727. The van der Waals surface area contributed by atoms with Gasteiger partial charge in [-0.1, -0.05) is 15.9 Å². The first-order valence-electron chi connectivity index (χ1n) is 3.55. The van der Waals surface area contributed by atoms with Gasteiger partial charge in [0.1, 0.15) is 5.75 Å². The first-order valence-corrected chi connectivity index (χ1v) is 4.72. The van der Waals surface area contributed by atoms with Gasteiger partial charge in [-0.3, -0.25) is 0 Å². The molecule has 1 rings (SSSR count). The van der Waals surface area contributed by atoms with Gasteiger partial charge in [0.2, 0.25) is 0 Å². The van der Waals surface area contributed by atoms with Crippen LogP contribution in [0.3, 0.4) is 0 Å². The van der Waals surface area contributed by atoms with E-state index < -0.39 is 22.9 Å². The Kier molecular flexibility index (Phi) is 3.62. The SMILES string of the molecule is O=C(Cl)Oc1ccc(Br)cc1C(F)(F)F. The van der Waals surface area contributed by atoms with Crippen LogP contribution in [0.1, 0.15) is 5.56 Å². The second kappa shape index (κ2) is 4.40. The van der Waals surface area contributed by atoms with Gasteiger partial charge in [-0.15, -0.1) is 0 Å². The molecule has 0 radical (unpaired) electrons. The van der Waals surface area contributed by atoms with Gasteiger partial charge < -0.3 is 4.74 Å². The summed E-state index contributed by atoms with van der Waals surface area (Å²) in [5.74, 6) is -0.620. The van der Waals surface area contributed by atoms with E-state index in [4.69, 9.17) is 11.6 Å². The minimum atomic E-state index is -4.61. The van der Waals surface area contributed by atoms with Crippen LogP contribution in [0.5, 0.6) is 5.75 Å². The lowest BCUT2D eigenvalue weighted by molar-refractivity contribution is -0.138. The van der Waals surface area contributed by atoms with Crippen molar-refractivity contribution in [1.29, 1.82) is 0 Å². The number of halogens is 5. The highest BCUT2D eigenvalue weighted by Gasteiger charge is 2.35. The lowest BCUT2D eigenvalue weighted by Gasteiger charge is -2.11.